The van der Waals surface area contributed by atoms with Crippen molar-refractivity contribution in [2.45, 2.75) is 30.9 Å². The van der Waals surface area contributed by atoms with Crippen LogP contribution in [0.5, 0.6) is 5.75 Å². The monoisotopic (exact) mass is 294 g/mol. The second-order valence-electron chi connectivity index (χ2n) is 5.31. The number of para-hydroxylation sites is 2. The number of carbonyl (C=O) groups is 1. The Morgan fingerprint density at radius 2 is 2.30 bits per heavy atom. The van der Waals surface area contributed by atoms with Crippen LogP contribution >= 0.6 is 11.8 Å². The van der Waals surface area contributed by atoms with Crippen LogP contribution in [0.15, 0.2) is 24.3 Å². The van der Waals surface area contributed by atoms with Crippen molar-refractivity contribution in [1.82, 2.24) is 5.32 Å². The maximum atomic E-state index is 11.8. The third kappa shape index (κ3) is 4.34. The number of anilines is 1. The molecule has 3 N–H and O–H groups in total. The number of carbonyl (C=O) groups excluding carboxylic acids is 1. The normalized spacial score (nSPS) is 21.6. The SMILES string of the molecule is CC1(CNC(=O)CCOc2ccccc2N)CCCS1. The Hall–Kier alpha value is -1.36. The Kier molecular flexibility index (Phi) is 5.17. The van der Waals surface area contributed by atoms with E-state index in [4.69, 9.17) is 10.5 Å². The summed E-state index contributed by atoms with van der Waals surface area (Å²) >= 11 is 1.95. The van der Waals surface area contributed by atoms with Crippen LogP contribution in [0.25, 0.3) is 0 Å². The summed E-state index contributed by atoms with van der Waals surface area (Å²) in [6.07, 6.45) is 2.78. The van der Waals surface area contributed by atoms with Crippen LogP contribution in [-0.2, 0) is 4.79 Å². The van der Waals surface area contributed by atoms with Crippen LogP contribution in [0, 0.1) is 0 Å². The Labute approximate surface area is 124 Å². The molecular weight excluding hydrogens is 272 g/mol. The highest BCUT2D eigenvalue weighted by atomic mass is 32.2. The lowest BCUT2D eigenvalue weighted by molar-refractivity contribution is -0.121. The number of nitrogen functional groups attached to an aromatic ring is 1. The highest BCUT2D eigenvalue weighted by molar-refractivity contribution is 8.00. The number of ether oxygens (including phenoxy) is 1. The molecule has 5 heteroatoms. The molecule has 1 aromatic rings. The standard InChI is InChI=1S/C15H22N2O2S/c1-15(8-4-10-20-15)11-17-14(18)7-9-19-13-6-3-2-5-12(13)16/h2-3,5-6H,4,7-11,16H2,1H3,(H,17,18). The molecule has 0 bridgehead atoms. The minimum absolute atomic E-state index is 0.0354. The summed E-state index contributed by atoms with van der Waals surface area (Å²) in [5, 5.41) is 2.99. The summed E-state index contributed by atoms with van der Waals surface area (Å²) in [4.78, 5) is 11.8. The molecule has 0 aromatic heterocycles. The van der Waals surface area contributed by atoms with Crippen LogP contribution in [-0.4, -0.2) is 29.6 Å². The molecule has 1 saturated heterocycles. The van der Waals surface area contributed by atoms with E-state index in [1.165, 1.54) is 18.6 Å². The summed E-state index contributed by atoms with van der Waals surface area (Å²) in [5.41, 5.74) is 6.37. The van der Waals surface area contributed by atoms with E-state index in [1.807, 2.05) is 30.0 Å². The molecule has 20 heavy (non-hydrogen) atoms. The van der Waals surface area contributed by atoms with Gasteiger partial charge in [0.25, 0.3) is 0 Å². The summed E-state index contributed by atoms with van der Waals surface area (Å²) < 4.78 is 5.72. The lowest BCUT2D eigenvalue weighted by Gasteiger charge is -2.22. The van der Waals surface area contributed by atoms with Crippen molar-refractivity contribution in [3.05, 3.63) is 24.3 Å². The zero-order valence-electron chi connectivity index (χ0n) is 11.9. The average Bonchev–Trinajstić information content (AvgIpc) is 2.86. The molecule has 1 aromatic carbocycles. The largest absolute Gasteiger partial charge is 0.491 e. The highest BCUT2D eigenvalue weighted by Gasteiger charge is 2.29. The number of rotatable bonds is 6. The second kappa shape index (κ2) is 6.88. The van der Waals surface area contributed by atoms with Crippen LogP contribution in [0.2, 0.25) is 0 Å². The molecule has 0 saturated carbocycles. The highest BCUT2D eigenvalue weighted by Crippen LogP contribution is 2.36. The zero-order chi connectivity index (χ0) is 14.4. The molecule has 0 spiro atoms. The fraction of sp³-hybridized carbons (Fsp3) is 0.533. The van der Waals surface area contributed by atoms with E-state index in [0.717, 1.165) is 6.54 Å². The van der Waals surface area contributed by atoms with Crippen molar-refractivity contribution in [3.8, 4) is 5.75 Å². The zero-order valence-corrected chi connectivity index (χ0v) is 12.7. The van der Waals surface area contributed by atoms with Crippen molar-refractivity contribution in [2.24, 2.45) is 0 Å². The molecule has 1 aliphatic rings. The first-order valence-electron chi connectivity index (χ1n) is 6.97. The molecule has 2 rings (SSSR count). The summed E-state index contributed by atoms with van der Waals surface area (Å²) in [7, 11) is 0. The molecule has 0 aliphatic carbocycles. The van der Waals surface area contributed by atoms with Gasteiger partial charge < -0.3 is 15.8 Å². The predicted octanol–water partition coefficient (Wildman–Crippen LogP) is 2.44. The fourth-order valence-electron chi connectivity index (χ4n) is 2.22. The molecule has 1 fully saturated rings. The average molecular weight is 294 g/mol. The molecule has 1 aliphatic heterocycles. The van der Waals surface area contributed by atoms with Gasteiger partial charge in [-0.15, -0.1) is 0 Å². The maximum absolute atomic E-state index is 11.8. The first-order valence-corrected chi connectivity index (χ1v) is 7.96. The fourth-order valence-corrected chi connectivity index (χ4v) is 3.46. The third-order valence-electron chi connectivity index (χ3n) is 3.47. The number of nitrogens with one attached hydrogen (secondary N) is 1. The van der Waals surface area contributed by atoms with Gasteiger partial charge in [0.2, 0.25) is 5.91 Å². The topological polar surface area (TPSA) is 64.3 Å². The number of benzene rings is 1. The number of nitrogens with two attached hydrogens (primary N) is 1. The molecular formula is C15H22N2O2S. The van der Waals surface area contributed by atoms with Gasteiger partial charge >= 0.3 is 0 Å². The van der Waals surface area contributed by atoms with E-state index in [9.17, 15) is 4.79 Å². The van der Waals surface area contributed by atoms with E-state index in [2.05, 4.69) is 12.2 Å². The number of hydrogen-bond donors (Lipinski definition) is 2. The molecule has 1 amide bonds. The Balaban J connectivity index is 1.67. The van der Waals surface area contributed by atoms with Crippen LogP contribution in [0.4, 0.5) is 5.69 Å². The quantitative estimate of drug-likeness (QED) is 0.791. The van der Waals surface area contributed by atoms with E-state index in [0.29, 0.717) is 24.5 Å². The van der Waals surface area contributed by atoms with Gasteiger partial charge in [-0.3, -0.25) is 4.79 Å². The van der Waals surface area contributed by atoms with Gasteiger partial charge in [-0.1, -0.05) is 12.1 Å². The van der Waals surface area contributed by atoms with Crippen LogP contribution in [0.1, 0.15) is 26.2 Å². The lowest BCUT2D eigenvalue weighted by Crippen LogP contribution is -2.37. The minimum atomic E-state index is 0.0354. The van der Waals surface area contributed by atoms with Crippen molar-refractivity contribution < 1.29 is 9.53 Å². The first-order chi connectivity index (χ1) is 9.59. The Morgan fingerprint density at radius 3 is 3.00 bits per heavy atom. The second-order valence-corrected chi connectivity index (χ2v) is 7.00. The summed E-state index contributed by atoms with van der Waals surface area (Å²) in [5.74, 6) is 1.87. The van der Waals surface area contributed by atoms with Crippen molar-refractivity contribution in [2.75, 3.05) is 24.6 Å². The van der Waals surface area contributed by atoms with E-state index < -0.39 is 0 Å². The summed E-state index contributed by atoms with van der Waals surface area (Å²) in [6, 6.07) is 7.32. The molecule has 4 nitrogen and oxygen atoms in total. The van der Waals surface area contributed by atoms with Crippen LogP contribution in [0.3, 0.4) is 0 Å². The smallest absolute Gasteiger partial charge is 0.223 e. The Morgan fingerprint density at radius 1 is 1.50 bits per heavy atom. The van der Waals surface area contributed by atoms with Gasteiger partial charge in [-0.25, -0.2) is 0 Å². The molecule has 1 unspecified atom stereocenters. The molecule has 110 valence electrons. The minimum Gasteiger partial charge on any atom is -0.491 e. The van der Waals surface area contributed by atoms with Crippen molar-refractivity contribution in [1.29, 1.82) is 0 Å². The molecule has 1 atom stereocenters. The van der Waals surface area contributed by atoms with Gasteiger partial charge in [-0.2, -0.15) is 11.8 Å². The number of hydrogen-bond acceptors (Lipinski definition) is 4. The lowest BCUT2D eigenvalue weighted by atomic mass is 10.1. The van der Waals surface area contributed by atoms with E-state index in [1.54, 1.807) is 6.07 Å². The van der Waals surface area contributed by atoms with Gasteiger partial charge in [0.05, 0.1) is 18.7 Å². The van der Waals surface area contributed by atoms with Gasteiger partial charge in [0.15, 0.2) is 0 Å². The Bertz CT molecular complexity index is 459. The first kappa shape index (κ1) is 15.0. The molecule has 1 heterocycles. The van der Waals surface area contributed by atoms with Gasteiger partial charge in [-0.05, 0) is 37.7 Å². The summed E-state index contributed by atoms with van der Waals surface area (Å²) in [6.45, 7) is 3.31. The van der Waals surface area contributed by atoms with E-state index >= 15 is 0 Å². The number of thioether (sulfide) groups is 1. The van der Waals surface area contributed by atoms with Crippen molar-refractivity contribution >= 4 is 23.4 Å². The van der Waals surface area contributed by atoms with Gasteiger partial charge in [0.1, 0.15) is 5.75 Å². The van der Waals surface area contributed by atoms with Crippen LogP contribution < -0.4 is 15.8 Å². The van der Waals surface area contributed by atoms with Gasteiger partial charge in [0, 0.05) is 11.3 Å². The van der Waals surface area contributed by atoms with E-state index in [-0.39, 0.29) is 10.7 Å². The maximum Gasteiger partial charge on any atom is 0.223 e. The third-order valence-corrected chi connectivity index (χ3v) is 5.00. The predicted molar refractivity (Wildman–Crippen MR) is 84.1 cm³/mol. The number of amides is 1. The molecule has 0 radical (unpaired) electrons. The van der Waals surface area contributed by atoms with Crippen molar-refractivity contribution in [3.63, 3.8) is 0 Å².